The molecular weight excluding hydrogens is 274 g/mol. The number of urea groups is 1. The SMILES string of the molecule is CCN(CC(C)C(=O)O)C(=O)N1CCCN(CCO)CC1. The van der Waals surface area contributed by atoms with E-state index in [1.807, 2.05) is 6.92 Å². The van der Waals surface area contributed by atoms with Crippen molar-refractivity contribution in [3.63, 3.8) is 0 Å². The number of aliphatic hydroxyl groups is 1. The highest BCUT2D eigenvalue weighted by molar-refractivity contribution is 5.76. The Hall–Kier alpha value is -1.34. The number of carboxylic acids is 1. The fourth-order valence-corrected chi connectivity index (χ4v) is 2.48. The van der Waals surface area contributed by atoms with Crippen LogP contribution in [-0.2, 0) is 4.79 Å². The molecule has 0 aromatic carbocycles. The second kappa shape index (κ2) is 8.84. The van der Waals surface area contributed by atoms with Gasteiger partial charge in [-0.05, 0) is 19.9 Å². The van der Waals surface area contributed by atoms with E-state index in [0.717, 1.165) is 19.5 Å². The number of β-amino-alcohol motifs (C(OH)–C–C–N with tert-alkyl or cyclic N) is 1. The molecule has 0 aliphatic carbocycles. The van der Waals surface area contributed by atoms with E-state index in [1.165, 1.54) is 0 Å². The van der Waals surface area contributed by atoms with E-state index in [1.54, 1.807) is 16.7 Å². The van der Waals surface area contributed by atoms with E-state index in [-0.39, 0.29) is 19.2 Å². The Bertz CT molecular complexity index is 351. The summed E-state index contributed by atoms with van der Waals surface area (Å²) in [5, 5.41) is 18.0. The third-order valence-corrected chi connectivity index (χ3v) is 3.84. The van der Waals surface area contributed by atoms with E-state index < -0.39 is 11.9 Å². The van der Waals surface area contributed by atoms with Gasteiger partial charge < -0.3 is 20.0 Å². The molecule has 2 amide bonds. The lowest BCUT2D eigenvalue weighted by molar-refractivity contribution is -0.141. The first-order chi connectivity index (χ1) is 9.99. The first-order valence-electron chi connectivity index (χ1n) is 7.59. The van der Waals surface area contributed by atoms with Gasteiger partial charge in [0.25, 0.3) is 0 Å². The van der Waals surface area contributed by atoms with Gasteiger partial charge in [-0.25, -0.2) is 4.79 Å². The molecule has 1 unspecified atom stereocenters. The van der Waals surface area contributed by atoms with Gasteiger partial charge in [0.1, 0.15) is 0 Å². The molecule has 1 rings (SSSR count). The Balaban J connectivity index is 2.57. The van der Waals surface area contributed by atoms with Crippen molar-refractivity contribution < 1.29 is 19.8 Å². The Morgan fingerprint density at radius 3 is 2.52 bits per heavy atom. The second-order valence-electron chi connectivity index (χ2n) is 5.47. The van der Waals surface area contributed by atoms with Crippen LogP contribution < -0.4 is 0 Å². The molecule has 1 heterocycles. The summed E-state index contributed by atoms with van der Waals surface area (Å²) in [5.41, 5.74) is 0. The fourth-order valence-electron chi connectivity index (χ4n) is 2.48. The largest absolute Gasteiger partial charge is 0.481 e. The number of hydrogen-bond acceptors (Lipinski definition) is 4. The number of carbonyl (C=O) groups excluding carboxylic acids is 1. The Morgan fingerprint density at radius 2 is 1.95 bits per heavy atom. The van der Waals surface area contributed by atoms with Crippen LogP contribution in [0.4, 0.5) is 4.79 Å². The lowest BCUT2D eigenvalue weighted by atomic mass is 10.2. The van der Waals surface area contributed by atoms with Gasteiger partial charge in [0.15, 0.2) is 0 Å². The van der Waals surface area contributed by atoms with Crippen LogP contribution in [0.5, 0.6) is 0 Å². The lowest BCUT2D eigenvalue weighted by Gasteiger charge is -2.30. The summed E-state index contributed by atoms with van der Waals surface area (Å²) in [6.07, 6.45) is 0.873. The number of aliphatic hydroxyl groups excluding tert-OH is 1. The highest BCUT2D eigenvalue weighted by Crippen LogP contribution is 2.09. The third kappa shape index (κ3) is 5.51. The van der Waals surface area contributed by atoms with Crippen molar-refractivity contribution in [1.29, 1.82) is 0 Å². The molecule has 0 spiro atoms. The Labute approximate surface area is 126 Å². The second-order valence-corrected chi connectivity index (χ2v) is 5.47. The zero-order valence-corrected chi connectivity index (χ0v) is 13.0. The zero-order chi connectivity index (χ0) is 15.8. The molecule has 1 fully saturated rings. The summed E-state index contributed by atoms with van der Waals surface area (Å²) in [5.74, 6) is -1.45. The molecule has 21 heavy (non-hydrogen) atoms. The van der Waals surface area contributed by atoms with Gasteiger partial charge in [0.2, 0.25) is 0 Å². The number of nitrogens with zero attached hydrogens (tertiary/aromatic N) is 3. The number of hydrogen-bond donors (Lipinski definition) is 2. The van der Waals surface area contributed by atoms with E-state index in [0.29, 0.717) is 26.2 Å². The maximum Gasteiger partial charge on any atom is 0.320 e. The normalized spacial score (nSPS) is 18.1. The molecule has 0 aromatic rings. The van der Waals surface area contributed by atoms with Crippen LogP contribution in [-0.4, -0.2) is 89.3 Å². The maximum atomic E-state index is 12.5. The molecule has 1 aliphatic heterocycles. The summed E-state index contributed by atoms with van der Waals surface area (Å²) in [6, 6.07) is -0.0866. The van der Waals surface area contributed by atoms with Crippen molar-refractivity contribution in [2.24, 2.45) is 5.92 Å². The average Bonchev–Trinajstić information content (AvgIpc) is 2.69. The number of aliphatic carboxylic acids is 1. The molecule has 0 radical (unpaired) electrons. The van der Waals surface area contributed by atoms with Crippen LogP contribution >= 0.6 is 0 Å². The van der Waals surface area contributed by atoms with Gasteiger partial charge in [-0.15, -0.1) is 0 Å². The average molecular weight is 301 g/mol. The minimum Gasteiger partial charge on any atom is -0.481 e. The number of amides is 2. The zero-order valence-electron chi connectivity index (χ0n) is 13.0. The molecule has 1 saturated heterocycles. The van der Waals surface area contributed by atoms with Gasteiger partial charge in [0.05, 0.1) is 12.5 Å². The molecule has 1 atom stereocenters. The minimum atomic E-state index is -0.883. The van der Waals surface area contributed by atoms with Gasteiger partial charge in [0, 0.05) is 39.3 Å². The van der Waals surface area contributed by atoms with E-state index in [2.05, 4.69) is 4.90 Å². The molecule has 2 N–H and O–H groups in total. The summed E-state index contributed by atoms with van der Waals surface area (Å²) in [6.45, 7) is 7.91. The fraction of sp³-hybridized carbons (Fsp3) is 0.857. The van der Waals surface area contributed by atoms with Crippen LogP contribution in [0, 0.1) is 5.92 Å². The van der Waals surface area contributed by atoms with Crippen molar-refractivity contribution in [3.05, 3.63) is 0 Å². The Morgan fingerprint density at radius 1 is 1.24 bits per heavy atom. The molecule has 7 nitrogen and oxygen atoms in total. The summed E-state index contributed by atoms with van der Waals surface area (Å²) in [7, 11) is 0. The minimum absolute atomic E-state index is 0.0866. The first-order valence-corrected chi connectivity index (χ1v) is 7.59. The number of carbonyl (C=O) groups is 2. The molecule has 1 aliphatic rings. The highest BCUT2D eigenvalue weighted by Gasteiger charge is 2.25. The molecule has 0 saturated carbocycles. The topological polar surface area (TPSA) is 84.3 Å². The van der Waals surface area contributed by atoms with E-state index >= 15 is 0 Å². The van der Waals surface area contributed by atoms with Gasteiger partial charge in [-0.3, -0.25) is 9.69 Å². The lowest BCUT2D eigenvalue weighted by Crippen LogP contribution is -2.47. The van der Waals surface area contributed by atoms with Crippen LogP contribution in [0.3, 0.4) is 0 Å². The van der Waals surface area contributed by atoms with Crippen molar-refractivity contribution in [2.45, 2.75) is 20.3 Å². The van der Waals surface area contributed by atoms with Crippen molar-refractivity contribution >= 4 is 12.0 Å². The van der Waals surface area contributed by atoms with Crippen molar-refractivity contribution in [2.75, 3.05) is 52.4 Å². The van der Waals surface area contributed by atoms with Crippen LogP contribution in [0.25, 0.3) is 0 Å². The predicted octanol–water partition coefficient (Wildman–Crippen LogP) is 0.149. The van der Waals surface area contributed by atoms with Gasteiger partial charge in [-0.2, -0.15) is 0 Å². The number of rotatable bonds is 6. The third-order valence-electron chi connectivity index (χ3n) is 3.84. The molecular formula is C14H27N3O4. The predicted molar refractivity (Wildman–Crippen MR) is 79.2 cm³/mol. The molecule has 7 heteroatoms. The van der Waals surface area contributed by atoms with E-state index in [9.17, 15) is 9.59 Å². The van der Waals surface area contributed by atoms with Crippen LogP contribution in [0.15, 0.2) is 0 Å². The highest BCUT2D eigenvalue weighted by atomic mass is 16.4. The maximum absolute atomic E-state index is 12.5. The molecule has 0 aromatic heterocycles. The van der Waals surface area contributed by atoms with Crippen molar-refractivity contribution in [1.82, 2.24) is 14.7 Å². The molecule has 122 valence electrons. The van der Waals surface area contributed by atoms with Gasteiger partial charge >= 0.3 is 12.0 Å². The Kier molecular flexibility index (Phi) is 7.45. The van der Waals surface area contributed by atoms with Crippen LogP contribution in [0.1, 0.15) is 20.3 Å². The standard InChI is InChI=1S/C14H27N3O4/c1-3-16(11-12(2)13(19)20)14(21)17-6-4-5-15(7-8-17)9-10-18/h12,18H,3-11H2,1-2H3,(H,19,20). The summed E-state index contributed by atoms with van der Waals surface area (Å²) >= 11 is 0. The van der Waals surface area contributed by atoms with Gasteiger partial charge in [-0.1, -0.05) is 6.92 Å². The van der Waals surface area contributed by atoms with Crippen LogP contribution in [0.2, 0.25) is 0 Å². The summed E-state index contributed by atoms with van der Waals surface area (Å²) < 4.78 is 0. The first kappa shape index (κ1) is 17.7. The van der Waals surface area contributed by atoms with Crippen molar-refractivity contribution in [3.8, 4) is 0 Å². The summed E-state index contributed by atoms with van der Waals surface area (Å²) in [4.78, 5) is 29.0. The quantitative estimate of drug-likeness (QED) is 0.729. The number of carboxylic acid groups (broad SMARTS) is 1. The van der Waals surface area contributed by atoms with E-state index in [4.69, 9.17) is 10.2 Å². The monoisotopic (exact) mass is 301 g/mol. The molecule has 0 bridgehead atoms. The smallest absolute Gasteiger partial charge is 0.320 e.